The van der Waals surface area contributed by atoms with Crippen LogP contribution in [0.5, 0.6) is 0 Å². The molecule has 0 saturated heterocycles. The first-order valence-corrected chi connectivity index (χ1v) is 6.32. The van der Waals surface area contributed by atoms with Gasteiger partial charge in [-0.05, 0) is 19.3 Å². The molecule has 2 N–H and O–H groups in total. The van der Waals surface area contributed by atoms with Crippen LogP contribution in [0.1, 0.15) is 40.0 Å². The van der Waals surface area contributed by atoms with E-state index in [9.17, 15) is 14.4 Å². The van der Waals surface area contributed by atoms with Crippen LogP contribution >= 0.6 is 0 Å². The van der Waals surface area contributed by atoms with E-state index in [0.717, 1.165) is 0 Å². The third kappa shape index (κ3) is 1.63. The number of Topliss-reactive ketones (excluding diaryl/α,β-unsaturated/α-hetero) is 2. The zero-order valence-corrected chi connectivity index (χ0v) is 10.3. The quantitative estimate of drug-likeness (QED) is 0.828. The normalized spacial score (nSPS) is 22.0. The molecule has 1 unspecified atom stereocenters. The fourth-order valence-corrected chi connectivity index (χ4v) is 2.97. The van der Waals surface area contributed by atoms with Gasteiger partial charge in [-0.1, -0.05) is 24.3 Å². The van der Waals surface area contributed by atoms with Crippen LogP contribution in [-0.2, 0) is 4.79 Å². The first-order chi connectivity index (χ1) is 9.11. The third-order valence-electron chi connectivity index (χ3n) is 3.87. The van der Waals surface area contributed by atoms with E-state index < -0.39 is 11.8 Å². The Morgan fingerprint density at radius 3 is 2.37 bits per heavy atom. The van der Waals surface area contributed by atoms with Crippen molar-refractivity contribution in [1.82, 2.24) is 0 Å². The molecule has 19 heavy (non-hydrogen) atoms. The van der Waals surface area contributed by atoms with E-state index in [0.29, 0.717) is 41.5 Å². The Bertz CT molecular complexity index is 643. The molecule has 1 aromatic carbocycles. The van der Waals surface area contributed by atoms with E-state index in [1.54, 1.807) is 24.3 Å². The molecule has 3 rings (SSSR count). The van der Waals surface area contributed by atoms with Gasteiger partial charge in [0.1, 0.15) is 0 Å². The lowest BCUT2D eigenvalue weighted by Gasteiger charge is -2.29. The molecule has 0 saturated carbocycles. The summed E-state index contributed by atoms with van der Waals surface area (Å²) in [5.74, 6) is -1.48. The molecule has 0 spiro atoms. The Morgan fingerprint density at radius 1 is 1.11 bits per heavy atom. The maximum Gasteiger partial charge on any atom is 0.225 e. The van der Waals surface area contributed by atoms with Gasteiger partial charge in [0, 0.05) is 22.3 Å². The molecule has 0 bridgehead atoms. The van der Waals surface area contributed by atoms with Gasteiger partial charge in [0.25, 0.3) is 0 Å². The van der Waals surface area contributed by atoms with Crippen LogP contribution in [0.25, 0.3) is 0 Å². The smallest absolute Gasteiger partial charge is 0.225 e. The number of allylic oxidation sites excluding steroid dienone is 1. The molecule has 1 atom stereocenters. The molecule has 0 aliphatic heterocycles. The Hall–Kier alpha value is -2.23. The van der Waals surface area contributed by atoms with E-state index >= 15 is 0 Å². The largest absolute Gasteiger partial charge is 0.369 e. The van der Waals surface area contributed by atoms with Crippen molar-refractivity contribution in [1.29, 1.82) is 0 Å². The van der Waals surface area contributed by atoms with E-state index in [-0.39, 0.29) is 11.6 Å². The Balaban J connectivity index is 2.21. The molecule has 1 amide bonds. The van der Waals surface area contributed by atoms with Crippen LogP contribution in [0, 0.1) is 5.92 Å². The SMILES string of the molecule is NC(=O)C1CCCC2=C1C(=O)c1ccccc1C2=O. The van der Waals surface area contributed by atoms with E-state index in [1.807, 2.05) is 0 Å². The number of amides is 1. The number of fused-ring (bicyclic) bond motifs is 1. The number of benzene rings is 1. The minimum absolute atomic E-state index is 0.129. The van der Waals surface area contributed by atoms with Gasteiger partial charge in [0.15, 0.2) is 11.6 Å². The standard InChI is InChI=1S/C15H13NO3/c16-15(19)11-7-3-6-10-12(11)14(18)9-5-2-1-4-8(9)13(10)17/h1-2,4-5,11H,3,6-7H2,(H2,16,19). The Kier molecular flexibility index (Phi) is 2.59. The lowest BCUT2D eigenvalue weighted by molar-refractivity contribution is -0.121. The van der Waals surface area contributed by atoms with Gasteiger partial charge in [-0.15, -0.1) is 0 Å². The van der Waals surface area contributed by atoms with Gasteiger partial charge < -0.3 is 5.73 Å². The van der Waals surface area contributed by atoms with Gasteiger partial charge in [-0.2, -0.15) is 0 Å². The Morgan fingerprint density at radius 2 is 1.74 bits per heavy atom. The molecule has 4 nitrogen and oxygen atoms in total. The minimum atomic E-state index is -0.617. The molecule has 2 aliphatic carbocycles. The second-order valence-corrected chi connectivity index (χ2v) is 4.94. The highest BCUT2D eigenvalue weighted by atomic mass is 16.2. The van der Waals surface area contributed by atoms with Crippen molar-refractivity contribution in [3.8, 4) is 0 Å². The van der Waals surface area contributed by atoms with Crippen LogP contribution in [0.3, 0.4) is 0 Å². The molecule has 0 aromatic heterocycles. The van der Waals surface area contributed by atoms with Crippen molar-refractivity contribution in [2.45, 2.75) is 19.3 Å². The molecule has 4 heteroatoms. The lowest BCUT2D eigenvalue weighted by atomic mass is 9.72. The van der Waals surface area contributed by atoms with Crippen molar-refractivity contribution in [3.05, 3.63) is 46.5 Å². The average molecular weight is 255 g/mol. The number of hydrogen-bond acceptors (Lipinski definition) is 3. The summed E-state index contributed by atoms with van der Waals surface area (Å²) in [6.07, 6.45) is 1.82. The topological polar surface area (TPSA) is 77.2 Å². The number of hydrogen-bond donors (Lipinski definition) is 1. The molecule has 96 valence electrons. The lowest BCUT2D eigenvalue weighted by Crippen LogP contribution is -2.35. The van der Waals surface area contributed by atoms with Crippen molar-refractivity contribution < 1.29 is 14.4 Å². The summed E-state index contributed by atoms with van der Waals surface area (Å²) in [5.41, 5.74) is 7.02. The van der Waals surface area contributed by atoms with Crippen LogP contribution in [0.2, 0.25) is 0 Å². The number of carbonyl (C=O) groups is 3. The fourth-order valence-electron chi connectivity index (χ4n) is 2.97. The van der Waals surface area contributed by atoms with Crippen LogP contribution in [-0.4, -0.2) is 17.5 Å². The summed E-state index contributed by atoms with van der Waals surface area (Å²) in [6.45, 7) is 0. The summed E-state index contributed by atoms with van der Waals surface area (Å²) >= 11 is 0. The zero-order valence-electron chi connectivity index (χ0n) is 10.3. The van der Waals surface area contributed by atoms with Crippen LogP contribution in [0.15, 0.2) is 35.4 Å². The van der Waals surface area contributed by atoms with Gasteiger partial charge in [0.05, 0.1) is 5.92 Å². The summed E-state index contributed by atoms with van der Waals surface area (Å²) < 4.78 is 0. The number of primary amides is 1. The highest BCUT2D eigenvalue weighted by Gasteiger charge is 2.39. The predicted molar refractivity (Wildman–Crippen MR) is 68.7 cm³/mol. The summed E-state index contributed by atoms with van der Waals surface area (Å²) in [4.78, 5) is 36.4. The molecule has 0 fully saturated rings. The summed E-state index contributed by atoms with van der Waals surface area (Å²) in [6, 6.07) is 6.75. The molecular formula is C15H13NO3. The number of nitrogens with two attached hydrogens (primary N) is 1. The molecule has 2 aliphatic rings. The number of carbonyl (C=O) groups excluding carboxylic acids is 3. The third-order valence-corrected chi connectivity index (χ3v) is 3.87. The zero-order chi connectivity index (χ0) is 13.6. The predicted octanol–water partition coefficient (Wildman–Crippen LogP) is 1.65. The van der Waals surface area contributed by atoms with Crippen LogP contribution in [0.4, 0.5) is 0 Å². The van der Waals surface area contributed by atoms with E-state index in [1.165, 1.54) is 0 Å². The Labute approximate surface area is 110 Å². The van der Waals surface area contributed by atoms with Crippen molar-refractivity contribution >= 4 is 17.5 Å². The van der Waals surface area contributed by atoms with E-state index in [2.05, 4.69) is 0 Å². The highest BCUT2D eigenvalue weighted by Crippen LogP contribution is 2.38. The maximum absolute atomic E-state index is 12.5. The number of ketones is 2. The fraction of sp³-hybridized carbons (Fsp3) is 0.267. The second-order valence-electron chi connectivity index (χ2n) is 4.94. The van der Waals surface area contributed by atoms with Crippen molar-refractivity contribution in [3.63, 3.8) is 0 Å². The van der Waals surface area contributed by atoms with Gasteiger partial charge in [0.2, 0.25) is 5.91 Å². The summed E-state index contributed by atoms with van der Waals surface area (Å²) in [5, 5.41) is 0. The van der Waals surface area contributed by atoms with Gasteiger partial charge in [-0.25, -0.2) is 0 Å². The molecule has 0 heterocycles. The molecular weight excluding hydrogens is 242 g/mol. The molecule has 0 radical (unpaired) electrons. The van der Waals surface area contributed by atoms with Crippen LogP contribution < -0.4 is 5.73 Å². The second kappa shape index (κ2) is 4.16. The minimum Gasteiger partial charge on any atom is -0.369 e. The average Bonchev–Trinajstić information content (AvgIpc) is 2.44. The van der Waals surface area contributed by atoms with Gasteiger partial charge in [-0.3, -0.25) is 14.4 Å². The highest BCUT2D eigenvalue weighted by molar-refractivity contribution is 6.28. The van der Waals surface area contributed by atoms with Crippen molar-refractivity contribution in [2.24, 2.45) is 11.7 Å². The molecule has 1 aromatic rings. The first kappa shape index (κ1) is 11.8. The maximum atomic E-state index is 12.5. The summed E-state index contributed by atoms with van der Waals surface area (Å²) in [7, 11) is 0. The number of rotatable bonds is 1. The van der Waals surface area contributed by atoms with E-state index in [4.69, 9.17) is 5.73 Å². The van der Waals surface area contributed by atoms with Gasteiger partial charge >= 0.3 is 0 Å². The first-order valence-electron chi connectivity index (χ1n) is 6.32. The van der Waals surface area contributed by atoms with Crippen molar-refractivity contribution in [2.75, 3.05) is 0 Å². The monoisotopic (exact) mass is 255 g/mol.